The molecule has 2 aliphatic rings. The molecule has 2 fully saturated rings. The SMILES string of the molecule is CC1CCC(c2cccc(NC(=O)Nc3ccccn3)c2)(N2CCN(c3ccccc3)CC2)CC1.Cl.Cl.Cl. The molecule has 1 aliphatic heterocycles. The molecule has 0 spiro atoms. The highest BCUT2D eigenvalue weighted by Gasteiger charge is 2.42. The number of urea groups is 1. The number of carbonyl (C=O) groups is 1. The van der Waals surface area contributed by atoms with Crippen LogP contribution < -0.4 is 15.5 Å². The summed E-state index contributed by atoms with van der Waals surface area (Å²) < 4.78 is 0. The summed E-state index contributed by atoms with van der Waals surface area (Å²) in [5, 5.41) is 5.82. The molecule has 9 heteroatoms. The van der Waals surface area contributed by atoms with Gasteiger partial charge in [-0.05, 0) is 73.6 Å². The van der Waals surface area contributed by atoms with Gasteiger partial charge < -0.3 is 10.2 Å². The van der Waals surface area contributed by atoms with Crippen LogP contribution in [0, 0.1) is 5.92 Å². The first-order valence-corrected chi connectivity index (χ1v) is 12.8. The quantitative estimate of drug-likeness (QED) is 0.336. The molecular formula is C29H38Cl3N5O. The fraction of sp³-hybridized carbons (Fsp3) is 0.379. The number of aromatic nitrogens is 1. The molecular weight excluding hydrogens is 541 g/mol. The van der Waals surface area contributed by atoms with Crippen LogP contribution in [0.25, 0.3) is 0 Å². The lowest BCUT2D eigenvalue weighted by molar-refractivity contribution is 0.0299. The predicted molar refractivity (Wildman–Crippen MR) is 165 cm³/mol. The zero-order valence-electron chi connectivity index (χ0n) is 21.7. The third-order valence-electron chi connectivity index (χ3n) is 7.67. The Hall–Kier alpha value is -2.51. The number of piperazine rings is 1. The highest BCUT2D eigenvalue weighted by molar-refractivity contribution is 5.99. The van der Waals surface area contributed by atoms with Crippen LogP contribution >= 0.6 is 37.2 Å². The van der Waals surface area contributed by atoms with E-state index in [1.807, 2.05) is 18.2 Å². The van der Waals surface area contributed by atoms with Gasteiger partial charge in [-0.25, -0.2) is 9.78 Å². The molecule has 206 valence electrons. The minimum absolute atomic E-state index is 0. The summed E-state index contributed by atoms with van der Waals surface area (Å²) in [4.78, 5) is 22.0. The smallest absolute Gasteiger partial charge is 0.324 e. The summed E-state index contributed by atoms with van der Waals surface area (Å²) in [7, 11) is 0. The summed E-state index contributed by atoms with van der Waals surface area (Å²) in [6, 6.07) is 24.4. The van der Waals surface area contributed by atoms with E-state index in [-0.39, 0.29) is 48.8 Å². The second kappa shape index (κ2) is 14.6. The Balaban J connectivity index is 0.00000169. The van der Waals surface area contributed by atoms with Crippen LogP contribution in [0.15, 0.2) is 79.0 Å². The molecule has 5 rings (SSSR count). The van der Waals surface area contributed by atoms with Crippen molar-refractivity contribution in [3.63, 3.8) is 0 Å². The lowest BCUT2D eigenvalue weighted by Gasteiger charge is -2.51. The number of pyridine rings is 1. The van der Waals surface area contributed by atoms with Gasteiger partial charge in [0.25, 0.3) is 0 Å². The summed E-state index contributed by atoms with van der Waals surface area (Å²) in [5.74, 6) is 1.30. The van der Waals surface area contributed by atoms with E-state index in [4.69, 9.17) is 0 Å². The molecule has 1 saturated carbocycles. The van der Waals surface area contributed by atoms with E-state index < -0.39 is 0 Å². The topological polar surface area (TPSA) is 60.5 Å². The second-order valence-corrected chi connectivity index (χ2v) is 9.90. The van der Waals surface area contributed by atoms with E-state index in [1.54, 1.807) is 12.3 Å². The standard InChI is InChI=1S/C29H35N5O.3ClH/c1-23-13-15-29(16-14-23,34-20-18-33(19-21-34)26-10-3-2-4-11-26)24-8-7-9-25(22-24)31-28(35)32-27-12-5-6-17-30-27;;;/h2-12,17,22-23H,13-16,18-21H2,1H3,(H2,30,31,32,35);3*1H. The number of amides is 2. The van der Waals surface area contributed by atoms with Crippen molar-refractivity contribution in [2.24, 2.45) is 5.92 Å². The minimum Gasteiger partial charge on any atom is -0.369 e. The highest BCUT2D eigenvalue weighted by Crippen LogP contribution is 2.45. The number of para-hydroxylation sites is 1. The number of benzene rings is 2. The van der Waals surface area contributed by atoms with E-state index in [0.29, 0.717) is 5.82 Å². The normalized spacial score (nSPS) is 21.2. The van der Waals surface area contributed by atoms with Crippen LogP contribution in [-0.2, 0) is 5.54 Å². The lowest BCUT2D eigenvalue weighted by Crippen LogP contribution is -2.56. The van der Waals surface area contributed by atoms with Crippen LogP contribution in [0.2, 0.25) is 0 Å². The van der Waals surface area contributed by atoms with Gasteiger partial charge in [0.2, 0.25) is 0 Å². The van der Waals surface area contributed by atoms with E-state index in [2.05, 4.69) is 80.9 Å². The average molecular weight is 579 g/mol. The van der Waals surface area contributed by atoms with Gasteiger partial charge in [-0.15, -0.1) is 37.2 Å². The maximum Gasteiger partial charge on any atom is 0.324 e. The van der Waals surface area contributed by atoms with E-state index >= 15 is 0 Å². The Morgan fingerprint density at radius 3 is 2.18 bits per heavy atom. The number of nitrogens with zero attached hydrogens (tertiary/aromatic N) is 3. The summed E-state index contributed by atoms with van der Waals surface area (Å²) in [6.07, 6.45) is 6.45. The molecule has 2 N–H and O–H groups in total. The number of anilines is 3. The molecule has 2 aromatic carbocycles. The zero-order valence-corrected chi connectivity index (χ0v) is 24.2. The molecule has 2 heterocycles. The molecule has 0 atom stereocenters. The van der Waals surface area contributed by atoms with Gasteiger partial charge in [-0.2, -0.15) is 0 Å². The number of hydrogen-bond acceptors (Lipinski definition) is 4. The molecule has 1 saturated heterocycles. The fourth-order valence-electron chi connectivity index (χ4n) is 5.66. The van der Waals surface area contributed by atoms with Crippen LogP contribution in [0.4, 0.5) is 22.0 Å². The van der Waals surface area contributed by atoms with Gasteiger partial charge in [0.15, 0.2) is 0 Å². The van der Waals surface area contributed by atoms with Gasteiger partial charge in [-0.3, -0.25) is 10.2 Å². The number of rotatable bonds is 5. The predicted octanol–water partition coefficient (Wildman–Crippen LogP) is 7.22. The molecule has 1 aliphatic carbocycles. The van der Waals surface area contributed by atoms with Gasteiger partial charge in [0.1, 0.15) is 5.82 Å². The van der Waals surface area contributed by atoms with Crippen molar-refractivity contribution < 1.29 is 4.79 Å². The average Bonchev–Trinajstić information content (AvgIpc) is 2.91. The third-order valence-corrected chi connectivity index (χ3v) is 7.67. The Labute approximate surface area is 244 Å². The molecule has 38 heavy (non-hydrogen) atoms. The van der Waals surface area contributed by atoms with Crippen molar-refractivity contribution in [1.82, 2.24) is 9.88 Å². The van der Waals surface area contributed by atoms with Crippen LogP contribution in [0.3, 0.4) is 0 Å². The number of nitrogens with one attached hydrogen (secondary N) is 2. The molecule has 0 radical (unpaired) electrons. The van der Waals surface area contributed by atoms with Crippen molar-refractivity contribution in [1.29, 1.82) is 0 Å². The number of carbonyl (C=O) groups excluding carboxylic acids is 1. The first kappa shape index (κ1) is 31.7. The first-order chi connectivity index (χ1) is 17.1. The summed E-state index contributed by atoms with van der Waals surface area (Å²) >= 11 is 0. The molecule has 0 unspecified atom stereocenters. The van der Waals surface area contributed by atoms with Crippen LogP contribution in [0.5, 0.6) is 0 Å². The monoisotopic (exact) mass is 577 g/mol. The van der Waals surface area contributed by atoms with Gasteiger partial charge >= 0.3 is 6.03 Å². The summed E-state index contributed by atoms with van der Waals surface area (Å²) in [5.41, 5.74) is 3.46. The Morgan fingerprint density at radius 2 is 1.53 bits per heavy atom. The second-order valence-electron chi connectivity index (χ2n) is 9.90. The largest absolute Gasteiger partial charge is 0.369 e. The number of halogens is 3. The van der Waals surface area contributed by atoms with E-state index in [1.165, 1.54) is 24.1 Å². The molecule has 3 aromatic rings. The fourth-order valence-corrected chi connectivity index (χ4v) is 5.66. The van der Waals surface area contributed by atoms with Crippen molar-refractivity contribution >= 4 is 60.4 Å². The third kappa shape index (κ3) is 7.32. The molecule has 1 aromatic heterocycles. The summed E-state index contributed by atoms with van der Waals surface area (Å²) in [6.45, 7) is 6.52. The highest BCUT2D eigenvalue weighted by atomic mass is 35.5. The van der Waals surface area contributed by atoms with Crippen LogP contribution in [0.1, 0.15) is 38.2 Å². The Morgan fingerprint density at radius 1 is 0.842 bits per heavy atom. The Bertz CT molecular complexity index is 1120. The molecule has 0 bridgehead atoms. The van der Waals surface area contributed by atoms with Crippen molar-refractivity contribution in [3.8, 4) is 0 Å². The minimum atomic E-state index is -0.274. The van der Waals surface area contributed by atoms with Crippen molar-refractivity contribution in [2.75, 3.05) is 41.7 Å². The zero-order chi connectivity index (χ0) is 24.1. The lowest BCUT2D eigenvalue weighted by atomic mass is 9.71. The maximum atomic E-state index is 12.6. The van der Waals surface area contributed by atoms with Gasteiger partial charge in [0, 0.05) is 49.3 Å². The number of hydrogen-bond donors (Lipinski definition) is 2. The molecule has 6 nitrogen and oxygen atoms in total. The van der Waals surface area contributed by atoms with Gasteiger partial charge in [0.05, 0.1) is 0 Å². The first-order valence-electron chi connectivity index (χ1n) is 12.8. The van der Waals surface area contributed by atoms with Gasteiger partial charge in [-0.1, -0.05) is 43.3 Å². The van der Waals surface area contributed by atoms with Crippen LogP contribution in [-0.4, -0.2) is 42.1 Å². The Kier molecular flexibility index (Phi) is 12.2. The van der Waals surface area contributed by atoms with E-state index in [9.17, 15) is 4.79 Å². The maximum absolute atomic E-state index is 12.6. The van der Waals surface area contributed by atoms with Crippen molar-refractivity contribution in [2.45, 2.75) is 38.1 Å². The molecule has 2 amide bonds. The van der Waals surface area contributed by atoms with Crippen molar-refractivity contribution in [3.05, 3.63) is 84.6 Å². The van der Waals surface area contributed by atoms with E-state index in [0.717, 1.165) is 50.6 Å².